The van der Waals surface area contributed by atoms with Crippen LogP contribution in [-0.4, -0.2) is 11.4 Å². The maximum absolute atomic E-state index is 10.7. The summed E-state index contributed by atoms with van der Waals surface area (Å²) in [6.45, 7) is 0. The van der Waals surface area contributed by atoms with Gasteiger partial charge in [-0.15, -0.1) is 11.3 Å². The van der Waals surface area contributed by atoms with Gasteiger partial charge >= 0.3 is 0 Å². The molecule has 1 heterocycles. The predicted molar refractivity (Wildman–Crippen MR) is 53.6 cm³/mol. The number of phenols is 1. The van der Waals surface area contributed by atoms with E-state index in [1.165, 1.54) is 17.4 Å². The number of nitriles is 1. The third kappa shape index (κ3) is 1.24. The number of hydrogen-bond acceptors (Lipinski definition) is 4. The van der Waals surface area contributed by atoms with E-state index in [9.17, 15) is 9.90 Å². The number of thiophene rings is 1. The van der Waals surface area contributed by atoms with E-state index in [0.29, 0.717) is 16.7 Å². The van der Waals surface area contributed by atoms with E-state index in [4.69, 9.17) is 5.26 Å². The highest BCUT2D eigenvalue weighted by atomic mass is 32.1. The Morgan fingerprint density at radius 1 is 1.43 bits per heavy atom. The van der Waals surface area contributed by atoms with Crippen LogP contribution in [-0.2, 0) is 0 Å². The lowest BCUT2D eigenvalue weighted by atomic mass is 10.1. The van der Waals surface area contributed by atoms with Crippen molar-refractivity contribution in [1.29, 1.82) is 5.26 Å². The largest absolute Gasteiger partial charge is 0.508 e. The van der Waals surface area contributed by atoms with Crippen molar-refractivity contribution in [2.45, 2.75) is 0 Å². The molecule has 1 aromatic carbocycles. The van der Waals surface area contributed by atoms with Crippen molar-refractivity contribution in [3.63, 3.8) is 0 Å². The molecule has 3 nitrogen and oxygen atoms in total. The van der Waals surface area contributed by atoms with Gasteiger partial charge in [-0.25, -0.2) is 0 Å². The number of benzene rings is 1. The van der Waals surface area contributed by atoms with Crippen LogP contribution in [0.1, 0.15) is 15.2 Å². The predicted octanol–water partition coefficient (Wildman–Crippen LogP) is 2.29. The van der Waals surface area contributed by atoms with Crippen molar-refractivity contribution >= 4 is 27.7 Å². The van der Waals surface area contributed by atoms with Gasteiger partial charge in [-0.2, -0.15) is 5.26 Å². The van der Waals surface area contributed by atoms with E-state index in [0.717, 1.165) is 10.1 Å². The summed E-state index contributed by atoms with van der Waals surface area (Å²) >= 11 is 1.25. The van der Waals surface area contributed by atoms with E-state index < -0.39 is 0 Å². The first-order valence-corrected chi connectivity index (χ1v) is 4.68. The highest BCUT2D eigenvalue weighted by Gasteiger charge is 2.07. The molecule has 1 N–H and O–H groups in total. The van der Waals surface area contributed by atoms with Crippen LogP contribution in [0.2, 0.25) is 0 Å². The van der Waals surface area contributed by atoms with Crippen LogP contribution in [0.4, 0.5) is 0 Å². The molecule has 0 atom stereocenters. The summed E-state index contributed by atoms with van der Waals surface area (Å²) in [6.07, 6.45) is 0.680. The van der Waals surface area contributed by atoms with Crippen LogP contribution in [0, 0.1) is 11.3 Å². The number of aldehydes is 1. The van der Waals surface area contributed by atoms with Crippen LogP contribution in [0.3, 0.4) is 0 Å². The first-order chi connectivity index (χ1) is 6.74. The molecule has 2 rings (SSSR count). The molecule has 0 bridgehead atoms. The lowest BCUT2D eigenvalue weighted by Gasteiger charge is -1.95. The molecule has 0 aliphatic carbocycles. The second kappa shape index (κ2) is 3.13. The van der Waals surface area contributed by atoms with Crippen molar-refractivity contribution in [2.75, 3.05) is 0 Å². The Balaban J connectivity index is 2.86. The summed E-state index contributed by atoms with van der Waals surface area (Å²) in [5.41, 5.74) is 0.423. The van der Waals surface area contributed by atoms with Gasteiger partial charge in [0.05, 0.1) is 0 Å². The molecule has 0 amide bonds. The Hall–Kier alpha value is -1.86. The fourth-order valence-corrected chi connectivity index (χ4v) is 2.22. The fourth-order valence-electron chi connectivity index (χ4n) is 1.31. The van der Waals surface area contributed by atoms with Gasteiger partial charge in [0.25, 0.3) is 0 Å². The van der Waals surface area contributed by atoms with Crippen LogP contribution in [0.5, 0.6) is 5.75 Å². The van der Waals surface area contributed by atoms with Crippen LogP contribution in [0.25, 0.3) is 10.1 Å². The summed E-state index contributed by atoms with van der Waals surface area (Å²) in [5.74, 6) is 0.0434. The smallest absolute Gasteiger partial charge is 0.151 e. The van der Waals surface area contributed by atoms with Gasteiger partial charge in [-0.3, -0.25) is 4.79 Å². The molecule has 1 aromatic heterocycles. The van der Waals surface area contributed by atoms with Gasteiger partial charge in [-0.1, -0.05) is 0 Å². The first-order valence-electron chi connectivity index (χ1n) is 3.86. The topological polar surface area (TPSA) is 61.1 Å². The quantitative estimate of drug-likeness (QED) is 0.723. The Morgan fingerprint density at radius 2 is 2.21 bits per heavy atom. The number of carbonyl (C=O) groups is 1. The average Bonchev–Trinajstić information content (AvgIpc) is 2.59. The van der Waals surface area contributed by atoms with Crippen molar-refractivity contribution in [2.24, 2.45) is 0 Å². The van der Waals surface area contributed by atoms with Crippen molar-refractivity contribution < 1.29 is 9.90 Å². The summed E-state index contributed by atoms with van der Waals surface area (Å²) in [6, 6.07) is 6.60. The maximum atomic E-state index is 10.7. The molecule has 0 saturated carbocycles. The van der Waals surface area contributed by atoms with Crippen molar-refractivity contribution in [1.82, 2.24) is 0 Å². The minimum atomic E-state index is 0.0434. The number of aromatic hydroxyl groups is 1. The van der Waals surface area contributed by atoms with Gasteiger partial charge < -0.3 is 5.11 Å². The van der Waals surface area contributed by atoms with E-state index in [2.05, 4.69) is 0 Å². The molecule has 0 spiro atoms. The standard InChI is InChI=1S/C10H5NO2S/c11-4-9-3-6-1-8(13)2-7(5-12)10(6)14-9/h1-3,5,13H. The van der Waals surface area contributed by atoms with E-state index in [1.54, 1.807) is 12.1 Å². The zero-order valence-corrected chi connectivity index (χ0v) is 7.84. The molecule has 0 aliphatic heterocycles. The molecule has 0 aliphatic rings. The Labute approximate surface area is 83.8 Å². The van der Waals surface area contributed by atoms with Gasteiger partial charge in [-0.05, 0) is 23.6 Å². The van der Waals surface area contributed by atoms with Crippen LogP contribution in [0.15, 0.2) is 18.2 Å². The minimum absolute atomic E-state index is 0.0434. The maximum Gasteiger partial charge on any atom is 0.151 e. The van der Waals surface area contributed by atoms with Crippen molar-refractivity contribution in [3.05, 3.63) is 28.6 Å². The van der Waals surface area contributed by atoms with Gasteiger partial charge in [0.2, 0.25) is 0 Å². The number of carbonyl (C=O) groups excluding carboxylic acids is 1. The average molecular weight is 203 g/mol. The third-order valence-corrected chi connectivity index (χ3v) is 2.97. The molecule has 0 radical (unpaired) electrons. The molecule has 4 heteroatoms. The lowest BCUT2D eigenvalue weighted by Crippen LogP contribution is -1.78. The van der Waals surface area contributed by atoms with Gasteiger partial charge in [0.15, 0.2) is 6.29 Å². The van der Waals surface area contributed by atoms with Gasteiger partial charge in [0.1, 0.15) is 16.7 Å². The van der Waals surface area contributed by atoms with E-state index in [1.807, 2.05) is 6.07 Å². The molecule has 0 saturated heterocycles. The SMILES string of the molecule is N#Cc1cc2cc(O)cc(C=O)c2s1. The monoisotopic (exact) mass is 203 g/mol. The summed E-state index contributed by atoms with van der Waals surface area (Å²) in [4.78, 5) is 11.2. The molecule has 0 unspecified atom stereocenters. The summed E-state index contributed by atoms with van der Waals surface area (Å²) in [5, 5.41) is 18.7. The number of fused-ring (bicyclic) bond motifs is 1. The molecule has 68 valence electrons. The van der Waals surface area contributed by atoms with Gasteiger partial charge in [0, 0.05) is 10.3 Å². The molecule has 0 fully saturated rings. The third-order valence-electron chi connectivity index (χ3n) is 1.87. The Morgan fingerprint density at radius 3 is 2.86 bits per heavy atom. The fraction of sp³-hybridized carbons (Fsp3) is 0. The van der Waals surface area contributed by atoms with Crippen molar-refractivity contribution in [3.8, 4) is 11.8 Å². The lowest BCUT2D eigenvalue weighted by molar-refractivity contribution is 0.112. The molecule has 14 heavy (non-hydrogen) atoms. The summed E-state index contributed by atoms with van der Waals surface area (Å²) < 4.78 is 0.745. The Kier molecular flexibility index (Phi) is 1.95. The van der Waals surface area contributed by atoms with E-state index >= 15 is 0 Å². The molecular formula is C10H5NO2S. The summed E-state index contributed by atoms with van der Waals surface area (Å²) in [7, 11) is 0. The number of nitrogens with zero attached hydrogens (tertiary/aromatic N) is 1. The molecular weight excluding hydrogens is 198 g/mol. The second-order valence-corrected chi connectivity index (χ2v) is 3.85. The normalized spacial score (nSPS) is 9.93. The Bertz CT molecular complexity index is 551. The second-order valence-electron chi connectivity index (χ2n) is 2.79. The first kappa shape index (κ1) is 8.73. The zero-order valence-electron chi connectivity index (χ0n) is 7.02. The highest BCUT2D eigenvalue weighted by molar-refractivity contribution is 7.19. The zero-order chi connectivity index (χ0) is 10.1. The highest BCUT2D eigenvalue weighted by Crippen LogP contribution is 2.30. The number of phenolic OH excluding ortho intramolecular Hbond substituents is 1. The van der Waals surface area contributed by atoms with Crippen LogP contribution < -0.4 is 0 Å². The number of hydrogen-bond donors (Lipinski definition) is 1. The molecule has 2 aromatic rings. The van der Waals surface area contributed by atoms with Crippen LogP contribution >= 0.6 is 11.3 Å². The minimum Gasteiger partial charge on any atom is -0.508 e. The number of rotatable bonds is 1. The van der Waals surface area contributed by atoms with E-state index in [-0.39, 0.29) is 5.75 Å².